The van der Waals surface area contributed by atoms with Gasteiger partial charge in [-0.1, -0.05) is 25.1 Å². The minimum atomic E-state index is -0.0294. The fourth-order valence-corrected chi connectivity index (χ4v) is 3.73. The molecular formula is C25H35N5O2. The summed E-state index contributed by atoms with van der Waals surface area (Å²) >= 11 is 0. The summed E-state index contributed by atoms with van der Waals surface area (Å²) in [5.74, 6) is 1.77. The van der Waals surface area contributed by atoms with Gasteiger partial charge >= 0.3 is 0 Å². The average Bonchev–Trinajstić information content (AvgIpc) is 2.85. The van der Waals surface area contributed by atoms with Gasteiger partial charge < -0.3 is 25.2 Å². The summed E-state index contributed by atoms with van der Waals surface area (Å²) in [5, 5.41) is 6.35. The summed E-state index contributed by atoms with van der Waals surface area (Å²) < 4.78 is 5.36. The first-order valence-electron chi connectivity index (χ1n) is 11.4. The molecule has 172 valence electrons. The van der Waals surface area contributed by atoms with Crippen molar-refractivity contribution < 1.29 is 9.53 Å². The topological polar surface area (TPSA) is 69.2 Å². The Morgan fingerprint density at radius 3 is 2.53 bits per heavy atom. The molecule has 7 nitrogen and oxygen atoms in total. The van der Waals surface area contributed by atoms with Crippen LogP contribution in [0.3, 0.4) is 0 Å². The smallest absolute Gasteiger partial charge is 0.251 e. The first kappa shape index (κ1) is 23.4. The largest absolute Gasteiger partial charge is 0.497 e. The molecule has 0 aliphatic carbocycles. The second-order valence-electron chi connectivity index (χ2n) is 7.80. The number of rotatable bonds is 8. The number of nitrogens with zero attached hydrogens (tertiary/aromatic N) is 3. The van der Waals surface area contributed by atoms with Crippen molar-refractivity contribution >= 4 is 17.6 Å². The van der Waals surface area contributed by atoms with Crippen molar-refractivity contribution in [3.05, 3.63) is 59.7 Å². The molecule has 7 heteroatoms. The molecule has 0 radical (unpaired) electrons. The summed E-state index contributed by atoms with van der Waals surface area (Å²) in [7, 11) is 1.70. The quantitative estimate of drug-likeness (QED) is 0.491. The Bertz CT molecular complexity index is 907. The van der Waals surface area contributed by atoms with Crippen LogP contribution in [0.25, 0.3) is 0 Å². The molecule has 1 fully saturated rings. The number of aliphatic imine (C=N–C) groups is 1. The summed E-state index contributed by atoms with van der Waals surface area (Å²) in [6.45, 7) is 9.79. The number of guanidine groups is 1. The summed E-state index contributed by atoms with van der Waals surface area (Å²) in [6.07, 6.45) is 0.923. The van der Waals surface area contributed by atoms with E-state index < -0.39 is 0 Å². The second kappa shape index (κ2) is 12.0. The molecule has 3 rings (SSSR count). The van der Waals surface area contributed by atoms with Gasteiger partial charge in [-0.3, -0.25) is 4.79 Å². The van der Waals surface area contributed by atoms with E-state index in [-0.39, 0.29) is 5.91 Å². The van der Waals surface area contributed by atoms with Crippen LogP contribution >= 0.6 is 0 Å². The molecule has 0 saturated carbocycles. The number of ether oxygens (including phenoxy) is 1. The first-order chi connectivity index (χ1) is 15.6. The van der Waals surface area contributed by atoms with Crippen LogP contribution in [0.2, 0.25) is 0 Å². The molecular weight excluding hydrogens is 402 g/mol. The van der Waals surface area contributed by atoms with Crippen molar-refractivity contribution in [3.8, 4) is 5.75 Å². The molecule has 1 amide bonds. The molecule has 0 spiro atoms. The monoisotopic (exact) mass is 437 g/mol. The molecule has 0 bridgehead atoms. The van der Waals surface area contributed by atoms with E-state index in [4.69, 9.17) is 9.73 Å². The Morgan fingerprint density at radius 2 is 1.81 bits per heavy atom. The molecule has 1 saturated heterocycles. The van der Waals surface area contributed by atoms with Gasteiger partial charge in [-0.15, -0.1) is 0 Å². The summed E-state index contributed by atoms with van der Waals surface area (Å²) in [6, 6.07) is 15.9. The zero-order chi connectivity index (χ0) is 22.8. The van der Waals surface area contributed by atoms with Gasteiger partial charge in [0.25, 0.3) is 5.91 Å². The first-order valence-corrected chi connectivity index (χ1v) is 11.4. The summed E-state index contributed by atoms with van der Waals surface area (Å²) in [4.78, 5) is 21.8. The second-order valence-corrected chi connectivity index (χ2v) is 7.80. The van der Waals surface area contributed by atoms with Crippen LogP contribution < -0.4 is 20.3 Å². The molecule has 1 aliphatic rings. The SMILES string of the molecule is CCCNC(=O)c1cccc(CN=C(NCC)N2CCN(c3cccc(OC)c3)CC2)c1. The van der Waals surface area contributed by atoms with E-state index in [2.05, 4.69) is 39.5 Å². The predicted octanol–water partition coefficient (Wildman–Crippen LogP) is 3.12. The van der Waals surface area contributed by atoms with Crippen molar-refractivity contribution in [2.45, 2.75) is 26.8 Å². The normalized spacial score (nSPS) is 14.3. The van der Waals surface area contributed by atoms with Crippen LogP contribution in [0, 0.1) is 0 Å². The van der Waals surface area contributed by atoms with Gasteiger partial charge in [-0.2, -0.15) is 0 Å². The number of methoxy groups -OCH3 is 1. The lowest BCUT2D eigenvalue weighted by molar-refractivity contribution is 0.0953. The third kappa shape index (κ3) is 6.39. The Balaban J connectivity index is 1.62. The molecule has 1 heterocycles. The molecule has 2 aromatic carbocycles. The van der Waals surface area contributed by atoms with Crippen molar-refractivity contribution in [1.29, 1.82) is 0 Å². The lowest BCUT2D eigenvalue weighted by Crippen LogP contribution is -2.52. The van der Waals surface area contributed by atoms with Crippen LogP contribution in [-0.2, 0) is 6.54 Å². The van der Waals surface area contributed by atoms with Gasteiger partial charge in [0.2, 0.25) is 0 Å². The van der Waals surface area contributed by atoms with Crippen molar-refractivity contribution in [3.63, 3.8) is 0 Å². The third-order valence-corrected chi connectivity index (χ3v) is 5.47. The Hall–Kier alpha value is -3.22. The van der Waals surface area contributed by atoms with Gasteiger partial charge in [-0.25, -0.2) is 4.99 Å². The number of hydrogen-bond acceptors (Lipinski definition) is 4. The van der Waals surface area contributed by atoms with Crippen LogP contribution in [0.15, 0.2) is 53.5 Å². The molecule has 2 aromatic rings. The van der Waals surface area contributed by atoms with Crippen molar-refractivity contribution in [2.75, 3.05) is 51.3 Å². The number of piperazine rings is 1. The van der Waals surface area contributed by atoms with Crippen LogP contribution in [0.5, 0.6) is 5.75 Å². The van der Waals surface area contributed by atoms with Gasteiger partial charge in [0, 0.05) is 56.6 Å². The highest BCUT2D eigenvalue weighted by atomic mass is 16.5. The molecule has 32 heavy (non-hydrogen) atoms. The maximum Gasteiger partial charge on any atom is 0.251 e. The average molecular weight is 438 g/mol. The lowest BCUT2D eigenvalue weighted by Gasteiger charge is -2.37. The van der Waals surface area contributed by atoms with Crippen molar-refractivity contribution in [2.24, 2.45) is 4.99 Å². The maximum absolute atomic E-state index is 12.3. The number of nitrogens with one attached hydrogen (secondary N) is 2. The van der Waals surface area contributed by atoms with Crippen molar-refractivity contribution in [1.82, 2.24) is 15.5 Å². The van der Waals surface area contributed by atoms with Crippen LogP contribution in [-0.4, -0.2) is 63.1 Å². The standard InChI is InChI=1S/C25H35N5O2/c1-4-12-27-24(31)21-9-6-8-20(17-21)19-28-25(26-5-2)30-15-13-29(14-16-30)22-10-7-11-23(18-22)32-3/h6-11,17-18H,4-5,12-16,19H2,1-3H3,(H,26,28)(H,27,31). The van der Waals surface area contributed by atoms with Crippen LogP contribution in [0.4, 0.5) is 5.69 Å². The fraction of sp³-hybridized carbons (Fsp3) is 0.440. The Morgan fingerprint density at radius 1 is 1.03 bits per heavy atom. The van der Waals surface area contributed by atoms with E-state index in [1.54, 1.807) is 7.11 Å². The molecule has 0 atom stereocenters. The van der Waals surface area contributed by atoms with E-state index in [9.17, 15) is 4.79 Å². The van der Waals surface area contributed by atoms with E-state index in [0.717, 1.165) is 56.4 Å². The van der Waals surface area contributed by atoms with Gasteiger partial charge in [0.1, 0.15) is 5.75 Å². The highest BCUT2D eigenvalue weighted by Crippen LogP contribution is 2.22. The highest BCUT2D eigenvalue weighted by Gasteiger charge is 2.20. The molecule has 0 aromatic heterocycles. The number of carbonyl (C=O) groups excluding carboxylic acids is 1. The molecule has 0 unspecified atom stereocenters. The third-order valence-electron chi connectivity index (χ3n) is 5.47. The lowest BCUT2D eigenvalue weighted by atomic mass is 10.1. The zero-order valence-electron chi connectivity index (χ0n) is 19.4. The Labute approximate surface area is 191 Å². The van der Waals surface area contributed by atoms with E-state index in [0.29, 0.717) is 18.7 Å². The highest BCUT2D eigenvalue weighted by molar-refractivity contribution is 5.94. The van der Waals surface area contributed by atoms with Crippen LogP contribution in [0.1, 0.15) is 36.2 Å². The molecule has 1 aliphatic heterocycles. The minimum absolute atomic E-state index is 0.0294. The fourth-order valence-electron chi connectivity index (χ4n) is 3.73. The number of benzene rings is 2. The number of anilines is 1. The van der Waals surface area contributed by atoms with E-state index >= 15 is 0 Å². The number of amides is 1. The maximum atomic E-state index is 12.3. The zero-order valence-corrected chi connectivity index (χ0v) is 19.4. The number of hydrogen-bond donors (Lipinski definition) is 2. The molecule has 2 N–H and O–H groups in total. The van der Waals surface area contributed by atoms with Gasteiger partial charge in [-0.05, 0) is 43.2 Å². The Kier molecular flexibility index (Phi) is 8.78. The number of carbonyl (C=O) groups is 1. The summed E-state index contributed by atoms with van der Waals surface area (Å²) in [5.41, 5.74) is 2.90. The predicted molar refractivity (Wildman–Crippen MR) is 131 cm³/mol. The van der Waals surface area contributed by atoms with Gasteiger partial charge in [0.15, 0.2) is 5.96 Å². The minimum Gasteiger partial charge on any atom is -0.497 e. The van der Waals surface area contributed by atoms with Gasteiger partial charge in [0.05, 0.1) is 13.7 Å². The van der Waals surface area contributed by atoms with E-state index in [1.165, 1.54) is 5.69 Å². The van der Waals surface area contributed by atoms with E-state index in [1.807, 2.05) is 43.3 Å².